The second-order valence-corrected chi connectivity index (χ2v) is 5.93. The molecule has 120 valence electrons. The fourth-order valence-electron chi connectivity index (χ4n) is 1.83. The predicted molar refractivity (Wildman–Crippen MR) is 94.5 cm³/mol. The highest BCUT2D eigenvalue weighted by molar-refractivity contribution is 7.09. The summed E-state index contributed by atoms with van der Waals surface area (Å²) < 4.78 is 0. The van der Waals surface area contributed by atoms with Crippen LogP contribution in [0.15, 0.2) is 29.6 Å². The van der Waals surface area contributed by atoms with Crippen molar-refractivity contribution in [3.63, 3.8) is 0 Å². The predicted octanol–water partition coefficient (Wildman–Crippen LogP) is 3.40. The molecular formula is C17H25N3OS. The van der Waals surface area contributed by atoms with Crippen molar-refractivity contribution in [1.82, 2.24) is 10.3 Å². The number of hydrogen-bond acceptors (Lipinski definition) is 4. The van der Waals surface area contributed by atoms with E-state index in [1.54, 1.807) is 11.3 Å². The highest BCUT2D eigenvalue weighted by Crippen LogP contribution is 2.12. The number of aromatic nitrogens is 1. The molecule has 0 fully saturated rings. The minimum absolute atomic E-state index is 0.00647. The molecule has 4 nitrogen and oxygen atoms in total. The van der Waals surface area contributed by atoms with Crippen LogP contribution in [0.1, 0.15) is 30.1 Å². The van der Waals surface area contributed by atoms with E-state index in [9.17, 15) is 4.79 Å². The maximum atomic E-state index is 11.8. The molecule has 1 N–H and O–H groups in total. The van der Waals surface area contributed by atoms with Crippen molar-refractivity contribution < 1.29 is 4.79 Å². The van der Waals surface area contributed by atoms with Gasteiger partial charge < -0.3 is 10.2 Å². The van der Waals surface area contributed by atoms with Crippen LogP contribution >= 0.6 is 11.3 Å². The van der Waals surface area contributed by atoms with Gasteiger partial charge in [-0.1, -0.05) is 26.0 Å². The number of benzene rings is 1. The van der Waals surface area contributed by atoms with Crippen LogP contribution in [-0.4, -0.2) is 25.0 Å². The molecule has 0 spiro atoms. The molecule has 0 saturated carbocycles. The molecule has 0 bridgehead atoms. The van der Waals surface area contributed by atoms with Gasteiger partial charge in [-0.15, -0.1) is 11.3 Å². The van der Waals surface area contributed by atoms with Crippen LogP contribution < -0.4 is 10.2 Å². The summed E-state index contributed by atoms with van der Waals surface area (Å²) in [5, 5.41) is 5.84. The molecule has 2 aromatic rings. The molecule has 22 heavy (non-hydrogen) atoms. The van der Waals surface area contributed by atoms with Gasteiger partial charge in [-0.2, -0.15) is 0 Å². The molecule has 0 radical (unpaired) electrons. The summed E-state index contributed by atoms with van der Waals surface area (Å²) >= 11 is 1.57. The standard InChI is InChI=1S/C15H19N3OS.C2H6/c1-11-17-13(10-20-11)8-15(19)16-9-12-4-6-14(7-5-12)18(2)3;1-2/h4-7,10H,8-9H2,1-3H3,(H,16,19);1-2H3. The molecule has 1 aromatic carbocycles. The summed E-state index contributed by atoms with van der Waals surface area (Å²) in [6, 6.07) is 8.15. The van der Waals surface area contributed by atoms with Crippen LogP contribution in [0.2, 0.25) is 0 Å². The number of carbonyl (C=O) groups is 1. The summed E-state index contributed by atoms with van der Waals surface area (Å²) in [6.07, 6.45) is 0.347. The molecule has 5 heteroatoms. The van der Waals surface area contributed by atoms with Crippen molar-refractivity contribution >= 4 is 22.9 Å². The Bertz CT molecular complexity index is 576. The smallest absolute Gasteiger partial charge is 0.226 e. The summed E-state index contributed by atoms with van der Waals surface area (Å²) in [6.45, 7) is 6.49. The molecule has 0 atom stereocenters. The lowest BCUT2D eigenvalue weighted by atomic mass is 10.2. The Morgan fingerprint density at radius 3 is 2.36 bits per heavy atom. The van der Waals surface area contributed by atoms with Crippen LogP contribution in [0.3, 0.4) is 0 Å². The fraction of sp³-hybridized carbons (Fsp3) is 0.412. The molecule has 0 aliphatic rings. The van der Waals surface area contributed by atoms with Crippen LogP contribution in [-0.2, 0) is 17.8 Å². The largest absolute Gasteiger partial charge is 0.378 e. The maximum absolute atomic E-state index is 11.8. The first-order valence-corrected chi connectivity index (χ1v) is 8.36. The van der Waals surface area contributed by atoms with Crippen molar-refractivity contribution in [3.05, 3.63) is 45.9 Å². The molecule has 0 aliphatic heterocycles. The first kappa shape index (κ1) is 18.2. The van der Waals surface area contributed by atoms with Gasteiger partial charge in [-0.05, 0) is 24.6 Å². The number of carbonyl (C=O) groups excluding carboxylic acids is 1. The number of thiazole rings is 1. The Morgan fingerprint density at radius 2 is 1.86 bits per heavy atom. The fourth-order valence-corrected chi connectivity index (χ4v) is 2.44. The molecule has 1 aromatic heterocycles. The lowest BCUT2D eigenvalue weighted by Crippen LogP contribution is -2.24. The summed E-state index contributed by atoms with van der Waals surface area (Å²) in [5.41, 5.74) is 3.09. The quantitative estimate of drug-likeness (QED) is 0.918. The number of amides is 1. The van der Waals surface area contributed by atoms with Crippen molar-refractivity contribution in [1.29, 1.82) is 0 Å². The average molecular weight is 319 g/mol. The first-order valence-electron chi connectivity index (χ1n) is 7.48. The van der Waals surface area contributed by atoms with Gasteiger partial charge in [0, 0.05) is 31.7 Å². The van der Waals surface area contributed by atoms with Gasteiger partial charge in [0.15, 0.2) is 0 Å². The normalized spacial score (nSPS) is 9.68. The van der Waals surface area contributed by atoms with E-state index in [1.165, 1.54) is 0 Å². The zero-order chi connectivity index (χ0) is 16.5. The van der Waals surface area contributed by atoms with Gasteiger partial charge in [0.1, 0.15) is 0 Å². The first-order chi connectivity index (χ1) is 10.5. The molecule has 0 aliphatic carbocycles. The highest BCUT2D eigenvalue weighted by Gasteiger charge is 2.06. The van der Waals surface area contributed by atoms with Crippen molar-refractivity contribution in [2.24, 2.45) is 0 Å². The molecule has 2 rings (SSSR count). The van der Waals surface area contributed by atoms with Gasteiger partial charge in [0.05, 0.1) is 17.1 Å². The topological polar surface area (TPSA) is 45.2 Å². The Hall–Kier alpha value is -1.88. The van der Waals surface area contributed by atoms with E-state index in [4.69, 9.17) is 0 Å². The highest BCUT2D eigenvalue weighted by atomic mass is 32.1. The third kappa shape index (κ3) is 5.85. The Kier molecular flexibility index (Phi) is 7.60. The summed E-state index contributed by atoms with van der Waals surface area (Å²) in [7, 11) is 4.01. The van der Waals surface area contributed by atoms with E-state index in [0.717, 1.165) is 22.0 Å². The van der Waals surface area contributed by atoms with Crippen LogP contribution in [0.4, 0.5) is 5.69 Å². The van der Waals surface area contributed by atoms with Crippen LogP contribution in [0, 0.1) is 6.92 Å². The van der Waals surface area contributed by atoms with Gasteiger partial charge >= 0.3 is 0 Å². The number of nitrogens with zero attached hydrogens (tertiary/aromatic N) is 2. The lowest BCUT2D eigenvalue weighted by Gasteiger charge is -2.12. The Labute approximate surface area is 137 Å². The monoisotopic (exact) mass is 319 g/mol. The second-order valence-electron chi connectivity index (χ2n) is 4.87. The third-order valence-corrected chi connectivity index (χ3v) is 3.77. The molecule has 1 amide bonds. The maximum Gasteiger partial charge on any atom is 0.226 e. The number of rotatable bonds is 5. The van der Waals surface area contributed by atoms with Crippen molar-refractivity contribution in [2.45, 2.75) is 33.7 Å². The number of aryl methyl sites for hydroxylation is 1. The second kappa shape index (κ2) is 9.20. The SMILES string of the molecule is CC.Cc1nc(CC(=O)NCc2ccc(N(C)C)cc2)cs1. The van der Waals surface area contributed by atoms with Gasteiger partial charge in [0.25, 0.3) is 0 Å². The van der Waals surface area contributed by atoms with E-state index in [1.807, 2.05) is 69.4 Å². The average Bonchev–Trinajstić information content (AvgIpc) is 2.92. The van der Waals surface area contributed by atoms with E-state index < -0.39 is 0 Å². The molecular weight excluding hydrogens is 294 g/mol. The molecule has 0 saturated heterocycles. The third-order valence-electron chi connectivity index (χ3n) is 2.95. The zero-order valence-corrected chi connectivity index (χ0v) is 14.8. The van der Waals surface area contributed by atoms with E-state index in [2.05, 4.69) is 10.3 Å². The van der Waals surface area contributed by atoms with Gasteiger partial charge in [-0.3, -0.25) is 4.79 Å². The van der Waals surface area contributed by atoms with Crippen LogP contribution in [0.25, 0.3) is 0 Å². The van der Waals surface area contributed by atoms with Gasteiger partial charge in [-0.25, -0.2) is 4.98 Å². The number of hydrogen-bond donors (Lipinski definition) is 1. The minimum Gasteiger partial charge on any atom is -0.378 e. The lowest BCUT2D eigenvalue weighted by molar-refractivity contribution is -0.120. The summed E-state index contributed by atoms with van der Waals surface area (Å²) in [5.74, 6) is 0.00647. The zero-order valence-electron chi connectivity index (χ0n) is 14.0. The van der Waals surface area contributed by atoms with Crippen LogP contribution in [0.5, 0.6) is 0 Å². The van der Waals surface area contributed by atoms with Gasteiger partial charge in [0.2, 0.25) is 5.91 Å². The van der Waals surface area contributed by atoms with E-state index in [-0.39, 0.29) is 5.91 Å². The summed E-state index contributed by atoms with van der Waals surface area (Å²) in [4.78, 5) is 18.2. The van der Waals surface area contributed by atoms with E-state index in [0.29, 0.717) is 13.0 Å². The van der Waals surface area contributed by atoms with E-state index >= 15 is 0 Å². The minimum atomic E-state index is 0.00647. The molecule has 0 unspecified atom stereocenters. The Morgan fingerprint density at radius 1 is 1.23 bits per heavy atom. The van der Waals surface area contributed by atoms with Crippen molar-refractivity contribution in [2.75, 3.05) is 19.0 Å². The Balaban J connectivity index is 0.00000116. The number of anilines is 1. The van der Waals surface area contributed by atoms with Crippen molar-refractivity contribution in [3.8, 4) is 0 Å². The number of nitrogens with one attached hydrogen (secondary N) is 1. The molecule has 1 heterocycles.